The summed E-state index contributed by atoms with van der Waals surface area (Å²) in [6, 6.07) is 2.51. The first-order valence-electron chi connectivity index (χ1n) is 6.38. The van der Waals surface area contributed by atoms with Crippen molar-refractivity contribution in [3.63, 3.8) is 0 Å². The maximum atomic E-state index is 13.1. The fourth-order valence-corrected chi connectivity index (χ4v) is 2.06. The number of anilines is 1. The van der Waals surface area contributed by atoms with E-state index in [0.717, 1.165) is 13.2 Å². The lowest BCUT2D eigenvalue weighted by Gasteiger charge is -2.12. The van der Waals surface area contributed by atoms with E-state index in [-0.39, 0.29) is 11.5 Å². The number of rotatable bonds is 2. The van der Waals surface area contributed by atoms with Gasteiger partial charge in [0, 0.05) is 23.3 Å². The minimum Gasteiger partial charge on any atom is -0.481 e. The summed E-state index contributed by atoms with van der Waals surface area (Å²) in [5.74, 6) is -0.393. The van der Waals surface area contributed by atoms with Gasteiger partial charge in [-0.05, 0) is 12.1 Å². The first kappa shape index (κ1) is 14.9. The Morgan fingerprint density at radius 1 is 1.04 bits per heavy atom. The van der Waals surface area contributed by atoms with Gasteiger partial charge < -0.3 is 10.5 Å². The normalized spacial score (nSPS) is 11.7. The van der Waals surface area contributed by atoms with Gasteiger partial charge in [0.15, 0.2) is 0 Å². The second-order valence-electron chi connectivity index (χ2n) is 4.64. The van der Waals surface area contributed by atoms with E-state index in [1.54, 1.807) is 6.07 Å². The van der Waals surface area contributed by atoms with Crippen LogP contribution in [-0.2, 0) is 6.18 Å². The van der Waals surface area contributed by atoms with Gasteiger partial charge in [0.1, 0.15) is 5.56 Å². The van der Waals surface area contributed by atoms with Crippen molar-refractivity contribution in [1.82, 2.24) is 19.9 Å². The van der Waals surface area contributed by atoms with Gasteiger partial charge in [0.2, 0.25) is 11.8 Å². The molecular formula is C14H10F3N5O. The molecule has 0 bridgehead atoms. The molecule has 0 fully saturated rings. The highest BCUT2D eigenvalue weighted by Crippen LogP contribution is 2.37. The summed E-state index contributed by atoms with van der Waals surface area (Å²) >= 11 is 0. The van der Waals surface area contributed by atoms with Gasteiger partial charge in [-0.1, -0.05) is 0 Å². The Labute approximate surface area is 128 Å². The Balaban J connectivity index is 2.13. The molecule has 118 valence electrons. The molecule has 6 nitrogen and oxygen atoms in total. The largest absolute Gasteiger partial charge is 0.481 e. The van der Waals surface area contributed by atoms with E-state index in [2.05, 4.69) is 24.7 Å². The number of ether oxygens (including phenoxy) is 1. The van der Waals surface area contributed by atoms with Crippen LogP contribution in [-0.4, -0.2) is 27.0 Å². The number of nitrogens with zero attached hydrogens (tertiary/aromatic N) is 4. The highest BCUT2D eigenvalue weighted by molar-refractivity contribution is 5.82. The molecule has 0 aromatic carbocycles. The lowest BCUT2D eigenvalue weighted by molar-refractivity contribution is -0.139. The molecule has 0 unspecified atom stereocenters. The van der Waals surface area contributed by atoms with E-state index >= 15 is 0 Å². The van der Waals surface area contributed by atoms with Crippen molar-refractivity contribution in [2.24, 2.45) is 0 Å². The molecule has 9 heteroatoms. The van der Waals surface area contributed by atoms with Crippen molar-refractivity contribution in [1.29, 1.82) is 0 Å². The Morgan fingerprint density at radius 3 is 2.52 bits per heavy atom. The number of halogens is 3. The number of methoxy groups -OCH3 is 1. The molecule has 0 aliphatic rings. The molecule has 0 aliphatic heterocycles. The van der Waals surface area contributed by atoms with Crippen molar-refractivity contribution in [2.45, 2.75) is 6.18 Å². The average Bonchev–Trinajstić information content (AvgIpc) is 2.53. The van der Waals surface area contributed by atoms with Crippen LogP contribution < -0.4 is 10.5 Å². The van der Waals surface area contributed by atoms with Crippen molar-refractivity contribution in [2.75, 3.05) is 12.8 Å². The van der Waals surface area contributed by atoms with Gasteiger partial charge in [-0.25, -0.2) is 15.0 Å². The lowest BCUT2D eigenvalue weighted by Crippen LogP contribution is -2.09. The molecule has 2 N–H and O–H groups in total. The number of alkyl halides is 3. The van der Waals surface area contributed by atoms with E-state index in [1.807, 2.05) is 0 Å². The SMILES string of the molecule is COc1ncc(-c2cc3cnc(N)nc3cn2)cc1C(F)(F)F. The minimum absolute atomic E-state index is 0.0949. The summed E-state index contributed by atoms with van der Waals surface area (Å²) in [5, 5.41) is 0.605. The molecule has 0 radical (unpaired) electrons. The average molecular weight is 321 g/mol. The van der Waals surface area contributed by atoms with Crippen LogP contribution in [0.3, 0.4) is 0 Å². The first-order chi connectivity index (χ1) is 10.9. The summed E-state index contributed by atoms with van der Waals surface area (Å²) in [4.78, 5) is 15.6. The van der Waals surface area contributed by atoms with Crippen LogP contribution in [0.4, 0.5) is 19.1 Å². The van der Waals surface area contributed by atoms with Crippen LogP contribution >= 0.6 is 0 Å². The van der Waals surface area contributed by atoms with Crippen LogP contribution in [0.5, 0.6) is 5.88 Å². The van der Waals surface area contributed by atoms with Crippen LogP contribution in [0.2, 0.25) is 0 Å². The molecule has 0 aliphatic carbocycles. The maximum Gasteiger partial charge on any atom is 0.421 e. The quantitative estimate of drug-likeness (QED) is 0.781. The van der Waals surface area contributed by atoms with Crippen LogP contribution in [0, 0.1) is 0 Å². The Kier molecular flexibility index (Phi) is 3.47. The van der Waals surface area contributed by atoms with Crippen molar-refractivity contribution < 1.29 is 17.9 Å². The fourth-order valence-electron chi connectivity index (χ4n) is 2.06. The molecule has 0 saturated heterocycles. The molecule has 3 rings (SSSR count). The molecule has 0 amide bonds. The van der Waals surface area contributed by atoms with Crippen molar-refractivity contribution in [3.05, 3.63) is 36.3 Å². The zero-order valence-corrected chi connectivity index (χ0v) is 11.8. The van der Waals surface area contributed by atoms with E-state index in [4.69, 9.17) is 5.73 Å². The Bertz CT molecular complexity index is 882. The summed E-state index contributed by atoms with van der Waals surface area (Å²) in [6.45, 7) is 0. The summed E-state index contributed by atoms with van der Waals surface area (Å²) in [7, 11) is 1.13. The van der Waals surface area contributed by atoms with Gasteiger partial charge in [0.25, 0.3) is 0 Å². The van der Waals surface area contributed by atoms with Crippen LogP contribution in [0.25, 0.3) is 22.2 Å². The second kappa shape index (κ2) is 5.34. The standard InChI is InChI=1S/C14H10F3N5O/c1-23-12-9(14(15,16)17)2-7(4-20-12)10-3-8-5-21-13(18)22-11(8)6-19-10/h2-6H,1H3,(H2,18,21,22). The fraction of sp³-hybridized carbons (Fsp3) is 0.143. The van der Waals surface area contributed by atoms with E-state index in [0.29, 0.717) is 16.6 Å². The van der Waals surface area contributed by atoms with E-state index in [1.165, 1.54) is 18.6 Å². The first-order valence-corrected chi connectivity index (χ1v) is 6.38. The predicted molar refractivity (Wildman–Crippen MR) is 76.5 cm³/mol. The topological polar surface area (TPSA) is 86.8 Å². The summed E-state index contributed by atoms with van der Waals surface area (Å²) in [5.41, 5.74) is 5.52. The van der Waals surface area contributed by atoms with Gasteiger partial charge >= 0.3 is 6.18 Å². The highest BCUT2D eigenvalue weighted by Gasteiger charge is 2.35. The van der Waals surface area contributed by atoms with Gasteiger partial charge in [-0.15, -0.1) is 0 Å². The van der Waals surface area contributed by atoms with Gasteiger partial charge in [0.05, 0.1) is 24.5 Å². The molecule has 23 heavy (non-hydrogen) atoms. The van der Waals surface area contributed by atoms with Crippen LogP contribution in [0.1, 0.15) is 5.56 Å². The summed E-state index contributed by atoms with van der Waals surface area (Å²) < 4.78 is 43.8. The zero-order chi connectivity index (χ0) is 16.6. The summed E-state index contributed by atoms with van der Waals surface area (Å²) in [6.07, 6.45) is -0.423. The van der Waals surface area contributed by atoms with Crippen molar-refractivity contribution >= 4 is 16.9 Å². The van der Waals surface area contributed by atoms with E-state index < -0.39 is 17.6 Å². The lowest BCUT2D eigenvalue weighted by atomic mass is 10.1. The Morgan fingerprint density at radius 2 is 1.83 bits per heavy atom. The number of hydrogen-bond donors (Lipinski definition) is 1. The third-order valence-electron chi connectivity index (χ3n) is 3.13. The van der Waals surface area contributed by atoms with Crippen molar-refractivity contribution in [3.8, 4) is 17.1 Å². The molecular weight excluding hydrogens is 311 g/mol. The van der Waals surface area contributed by atoms with E-state index in [9.17, 15) is 13.2 Å². The number of nitrogens with two attached hydrogens (primary N) is 1. The van der Waals surface area contributed by atoms with Gasteiger partial charge in [-0.2, -0.15) is 13.2 Å². The number of pyridine rings is 2. The molecule has 0 saturated carbocycles. The Hall–Kier alpha value is -2.97. The third-order valence-corrected chi connectivity index (χ3v) is 3.13. The molecule has 0 spiro atoms. The smallest absolute Gasteiger partial charge is 0.421 e. The monoisotopic (exact) mass is 321 g/mol. The molecule has 3 aromatic rings. The third kappa shape index (κ3) is 2.85. The van der Waals surface area contributed by atoms with Gasteiger partial charge in [-0.3, -0.25) is 4.98 Å². The minimum atomic E-state index is -4.58. The van der Waals surface area contributed by atoms with Crippen LogP contribution in [0.15, 0.2) is 30.7 Å². The number of aromatic nitrogens is 4. The second-order valence-corrected chi connectivity index (χ2v) is 4.64. The highest BCUT2D eigenvalue weighted by atomic mass is 19.4. The molecule has 0 atom stereocenters. The maximum absolute atomic E-state index is 13.1. The molecule has 3 aromatic heterocycles. The zero-order valence-electron chi connectivity index (χ0n) is 11.8. The number of fused-ring (bicyclic) bond motifs is 1. The number of hydrogen-bond acceptors (Lipinski definition) is 6. The predicted octanol–water partition coefficient (Wildman–Crippen LogP) is 2.70. The molecule has 3 heterocycles. The number of nitrogen functional groups attached to an aromatic ring is 1.